The standard InChI is InChI=1S/C25H25N3O3/c1-17-5-4-8-22(13-17)31-21-11-9-20(10-12-21)27-24(29)16-28-15-19-7-3-2-6-18(19)14-23(28)25(26)30/h2-13,23H,14-16H2,1H3,(H2,26,30)(H,27,29)/t23-/m0/s1. The number of hydrogen-bond donors (Lipinski definition) is 2. The zero-order valence-corrected chi connectivity index (χ0v) is 17.4. The maximum Gasteiger partial charge on any atom is 0.238 e. The zero-order valence-electron chi connectivity index (χ0n) is 17.4. The maximum atomic E-state index is 12.6. The molecule has 0 spiro atoms. The Morgan fingerprint density at radius 1 is 1.00 bits per heavy atom. The predicted octanol–water partition coefficient (Wildman–Crippen LogP) is 3.64. The van der Waals surface area contributed by atoms with Crippen LogP contribution in [0.5, 0.6) is 11.5 Å². The number of carbonyl (C=O) groups excluding carboxylic acids is 2. The molecule has 0 bridgehead atoms. The fourth-order valence-electron chi connectivity index (χ4n) is 3.83. The maximum absolute atomic E-state index is 12.6. The lowest BCUT2D eigenvalue weighted by molar-refractivity contribution is -0.125. The average molecular weight is 415 g/mol. The van der Waals surface area contributed by atoms with Gasteiger partial charge in [0.1, 0.15) is 11.5 Å². The van der Waals surface area contributed by atoms with Crippen LogP contribution in [0, 0.1) is 6.92 Å². The van der Waals surface area contributed by atoms with Crippen LogP contribution < -0.4 is 15.8 Å². The molecule has 1 aliphatic heterocycles. The van der Waals surface area contributed by atoms with Gasteiger partial charge >= 0.3 is 0 Å². The number of ether oxygens (including phenoxy) is 1. The molecule has 1 aliphatic rings. The molecule has 2 amide bonds. The van der Waals surface area contributed by atoms with Crippen LogP contribution in [0.4, 0.5) is 5.69 Å². The molecule has 158 valence electrons. The molecule has 0 fully saturated rings. The largest absolute Gasteiger partial charge is 0.457 e. The van der Waals surface area contributed by atoms with Gasteiger partial charge in [0.15, 0.2) is 0 Å². The van der Waals surface area contributed by atoms with Crippen LogP contribution in [0.3, 0.4) is 0 Å². The number of hydrogen-bond acceptors (Lipinski definition) is 4. The van der Waals surface area contributed by atoms with Crippen molar-refractivity contribution in [1.82, 2.24) is 4.90 Å². The van der Waals surface area contributed by atoms with Crippen molar-refractivity contribution >= 4 is 17.5 Å². The van der Waals surface area contributed by atoms with Crippen LogP contribution in [-0.2, 0) is 22.6 Å². The van der Waals surface area contributed by atoms with Crippen LogP contribution >= 0.6 is 0 Å². The molecule has 1 heterocycles. The number of nitrogens with zero attached hydrogens (tertiary/aromatic N) is 1. The molecule has 0 aromatic heterocycles. The number of amides is 2. The van der Waals surface area contributed by atoms with Crippen molar-refractivity contribution in [3.05, 3.63) is 89.5 Å². The Balaban J connectivity index is 1.38. The van der Waals surface area contributed by atoms with E-state index in [-0.39, 0.29) is 12.5 Å². The van der Waals surface area contributed by atoms with E-state index in [4.69, 9.17) is 10.5 Å². The van der Waals surface area contributed by atoms with Gasteiger partial charge in [-0.05, 0) is 66.4 Å². The van der Waals surface area contributed by atoms with Gasteiger partial charge < -0.3 is 15.8 Å². The van der Waals surface area contributed by atoms with Gasteiger partial charge in [-0.2, -0.15) is 0 Å². The third-order valence-corrected chi connectivity index (χ3v) is 5.38. The highest BCUT2D eigenvalue weighted by atomic mass is 16.5. The second-order valence-electron chi connectivity index (χ2n) is 7.79. The highest BCUT2D eigenvalue weighted by molar-refractivity contribution is 5.93. The first-order valence-corrected chi connectivity index (χ1v) is 10.2. The third-order valence-electron chi connectivity index (χ3n) is 5.38. The molecule has 6 heteroatoms. The summed E-state index contributed by atoms with van der Waals surface area (Å²) in [6.07, 6.45) is 0.518. The van der Waals surface area contributed by atoms with E-state index < -0.39 is 11.9 Å². The Morgan fingerprint density at radius 3 is 2.45 bits per heavy atom. The van der Waals surface area contributed by atoms with Gasteiger partial charge in [-0.1, -0.05) is 36.4 Å². The second-order valence-corrected chi connectivity index (χ2v) is 7.79. The predicted molar refractivity (Wildman–Crippen MR) is 120 cm³/mol. The third kappa shape index (κ3) is 5.10. The van der Waals surface area contributed by atoms with Gasteiger partial charge in [-0.15, -0.1) is 0 Å². The molecule has 6 nitrogen and oxygen atoms in total. The summed E-state index contributed by atoms with van der Waals surface area (Å²) in [6, 6.07) is 22.4. The molecule has 1 atom stereocenters. The molecule has 3 aromatic carbocycles. The van der Waals surface area contributed by atoms with E-state index in [2.05, 4.69) is 5.32 Å². The van der Waals surface area contributed by atoms with Crippen molar-refractivity contribution in [3.63, 3.8) is 0 Å². The minimum Gasteiger partial charge on any atom is -0.457 e. The highest BCUT2D eigenvalue weighted by Gasteiger charge is 2.31. The van der Waals surface area contributed by atoms with Crippen LogP contribution in [0.1, 0.15) is 16.7 Å². The van der Waals surface area contributed by atoms with Crippen LogP contribution in [0.25, 0.3) is 0 Å². The van der Waals surface area contributed by atoms with E-state index in [0.29, 0.717) is 24.4 Å². The summed E-state index contributed by atoms with van der Waals surface area (Å²) >= 11 is 0. The molecule has 31 heavy (non-hydrogen) atoms. The van der Waals surface area contributed by atoms with Crippen LogP contribution in [0.2, 0.25) is 0 Å². The molecule has 3 aromatic rings. The topological polar surface area (TPSA) is 84.7 Å². The number of anilines is 1. The Kier molecular flexibility index (Phi) is 6.00. The quantitative estimate of drug-likeness (QED) is 0.644. The Labute approximate surface area is 181 Å². The average Bonchev–Trinajstić information content (AvgIpc) is 2.74. The number of fused-ring (bicyclic) bond motifs is 1. The van der Waals surface area contributed by atoms with Gasteiger partial charge in [0.2, 0.25) is 11.8 Å². The number of nitrogens with two attached hydrogens (primary N) is 1. The smallest absolute Gasteiger partial charge is 0.238 e. The number of rotatable bonds is 6. The summed E-state index contributed by atoms with van der Waals surface area (Å²) in [4.78, 5) is 26.4. The molecule has 0 unspecified atom stereocenters. The Hall–Kier alpha value is -3.64. The lowest BCUT2D eigenvalue weighted by Gasteiger charge is -2.34. The van der Waals surface area contributed by atoms with E-state index in [9.17, 15) is 9.59 Å². The van der Waals surface area contributed by atoms with Crippen LogP contribution in [0.15, 0.2) is 72.8 Å². The number of primary amides is 1. The summed E-state index contributed by atoms with van der Waals surface area (Å²) in [6.45, 7) is 2.61. The normalized spacial score (nSPS) is 15.7. The lowest BCUT2D eigenvalue weighted by Crippen LogP contribution is -2.50. The summed E-state index contributed by atoms with van der Waals surface area (Å²) in [7, 11) is 0. The molecule has 0 saturated carbocycles. The number of aryl methyl sites for hydroxylation is 1. The van der Waals surface area contributed by atoms with Crippen molar-refractivity contribution < 1.29 is 14.3 Å². The first-order valence-electron chi connectivity index (χ1n) is 10.2. The van der Waals surface area contributed by atoms with Gasteiger partial charge in [0, 0.05) is 12.2 Å². The number of carbonyl (C=O) groups is 2. The number of nitrogens with one attached hydrogen (secondary N) is 1. The molecular formula is C25H25N3O3. The van der Waals surface area contributed by atoms with Gasteiger partial charge in [-0.3, -0.25) is 14.5 Å². The fraction of sp³-hybridized carbons (Fsp3) is 0.200. The minimum atomic E-state index is -0.495. The van der Waals surface area contributed by atoms with Gasteiger partial charge in [0.25, 0.3) is 0 Å². The van der Waals surface area contributed by atoms with E-state index in [0.717, 1.165) is 22.4 Å². The van der Waals surface area contributed by atoms with Gasteiger partial charge in [-0.25, -0.2) is 0 Å². The first kappa shape index (κ1) is 20.6. The zero-order chi connectivity index (χ0) is 21.8. The Bertz CT molecular complexity index is 1100. The molecule has 3 N–H and O–H groups in total. The van der Waals surface area contributed by atoms with Crippen molar-refractivity contribution in [2.45, 2.75) is 25.9 Å². The van der Waals surface area contributed by atoms with Gasteiger partial charge in [0.05, 0.1) is 12.6 Å². The minimum absolute atomic E-state index is 0.0868. The molecule has 4 rings (SSSR count). The lowest BCUT2D eigenvalue weighted by atomic mass is 9.93. The number of benzene rings is 3. The van der Waals surface area contributed by atoms with Crippen molar-refractivity contribution in [2.24, 2.45) is 5.73 Å². The summed E-state index contributed by atoms with van der Waals surface area (Å²) in [5, 5.41) is 2.88. The fourth-order valence-corrected chi connectivity index (χ4v) is 3.83. The van der Waals surface area contributed by atoms with E-state index in [1.165, 1.54) is 0 Å². The molecular weight excluding hydrogens is 390 g/mol. The van der Waals surface area contributed by atoms with Crippen molar-refractivity contribution in [1.29, 1.82) is 0 Å². The van der Waals surface area contributed by atoms with E-state index in [1.54, 1.807) is 24.3 Å². The van der Waals surface area contributed by atoms with E-state index >= 15 is 0 Å². The highest BCUT2D eigenvalue weighted by Crippen LogP contribution is 2.25. The van der Waals surface area contributed by atoms with Crippen LogP contribution in [-0.4, -0.2) is 29.3 Å². The molecule has 0 radical (unpaired) electrons. The monoisotopic (exact) mass is 415 g/mol. The summed E-state index contributed by atoms with van der Waals surface area (Å²) in [5.41, 5.74) is 9.61. The summed E-state index contributed by atoms with van der Waals surface area (Å²) in [5.74, 6) is 0.836. The van der Waals surface area contributed by atoms with Crippen molar-refractivity contribution in [2.75, 3.05) is 11.9 Å². The molecule has 0 saturated heterocycles. The SMILES string of the molecule is Cc1cccc(Oc2ccc(NC(=O)CN3Cc4ccccc4C[C@H]3C(N)=O)cc2)c1. The first-order chi connectivity index (χ1) is 15.0. The second kappa shape index (κ2) is 9.02. The molecule has 0 aliphatic carbocycles. The summed E-state index contributed by atoms with van der Waals surface area (Å²) < 4.78 is 5.84. The van der Waals surface area contributed by atoms with Crippen molar-refractivity contribution in [3.8, 4) is 11.5 Å². The van der Waals surface area contributed by atoms with E-state index in [1.807, 2.05) is 60.4 Å². The Morgan fingerprint density at radius 2 is 1.74 bits per heavy atom.